The molecular formula is C13H12N2O2. The molecule has 0 aliphatic carbocycles. The number of carbonyl (C=O) groups excluding carboxylic acids is 2. The summed E-state index contributed by atoms with van der Waals surface area (Å²) in [4.78, 5) is 26.3. The van der Waals surface area contributed by atoms with E-state index in [9.17, 15) is 9.59 Å². The Balaban J connectivity index is 2.43. The summed E-state index contributed by atoms with van der Waals surface area (Å²) in [5.74, 6) is 1.60. The average Bonchev–Trinajstić information content (AvgIpc) is 2.55. The van der Waals surface area contributed by atoms with Gasteiger partial charge in [0.2, 0.25) is 0 Å². The Morgan fingerprint density at radius 1 is 1.41 bits per heavy atom. The van der Waals surface area contributed by atoms with E-state index < -0.39 is 11.7 Å². The molecule has 0 aromatic heterocycles. The summed E-state index contributed by atoms with van der Waals surface area (Å²) in [6, 6.07) is 5.26. The van der Waals surface area contributed by atoms with Gasteiger partial charge >= 0.3 is 0 Å². The fourth-order valence-electron chi connectivity index (χ4n) is 1.83. The van der Waals surface area contributed by atoms with Gasteiger partial charge in [-0.1, -0.05) is 5.92 Å². The van der Waals surface area contributed by atoms with E-state index in [-0.39, 0.29) is 0 Å². The first-order valence-corrected chi connectivity index (χ1v) is 5.17. The highest BCUT2D eigenvalue weighted by molar-refractivity contribution is 6.52. The molecule has 0 fully saturated rings. The average molecular weight is 228 g/mol. The Kier molecular flexibility index (Phi) is 2.60. The number of hydrogen-bond donors (Lipinski definition) is 0. The Morgan fingerprint density at radius 2 is 2.12 bits per heavy atom. The van der Waals surface area contributed by atoms with Gasteiger partial charge in [0.25, 0.3) is 11.7 Å². The van der Waals surface area contributed by atoms with Crippen LogP contribution in [0, 0.1) is 12.3 Å². The first-order valence-electron chi connectivity index (χ1n) is 5.17. The van der Waals surface area contributed by atoms with Gasteiger partial charge in [-0.05, 0) is 18.2 Å². The van der Waals surface area contributed by atoms with Crippen LogP contribution in [0.1, 0.15) is 10.4 Å². The zero-order chi connectivity index (χ0) is 12.6. The highest BCUT2D eigenvalue weighted by Gasteiger charge is 2.33. The molecule has 1 aromatic rings. The maximum Gasteiger partial charge on any atom is 0.299 e. The molecule has 86 valence electrons. The van der Waals surface area contributed by atoms with Crippen LogP contribution < -0.4 is 9.80 Å². The van der Waals surface area contributed by atoms with Crippen LogP contribution in [0.4, 0.5) is 11.4 Å². The van der Waals surface area contributed by atoms with Crippen molar-refractivity contribution in [2.45, 2.75) is 0 Å². The van der Waals surface area contributed by atoms with Crippen LogP contribution in [0.15, 0.2) is 18.2 Å². The second-order valence-electron chi connectivity index (χ2n) is 3.95. The predicted octanol–water partition coefficient (Wildman–Crippen LogP) is 0.915. The molecule has 4 nitrogen and oxygen atoms in total. The third-order valence-electron chi connectivity index (χ3n) is 2.86. The maximum atomic E-state index is 11.6. The fourth-order valence-corrected chi connectivity index (χ4v) is 1.83. The van der Waals surface area contributed by atoms with Gasteiger partial charge in [0.1, 0.15) is 0 Å². The van der Waals surface area contributed by atoms with Crippen molar-refractivity contribution < 1.29 is 9.59 Å². The number of benzene rings is 1. The lowest BCUT2D eigenvalue weighted by Gasteiger charge is -2.18. The van der Waals surface area contributed by atoms with E-state index >= 15 is 0 Å². The summed E-state index contributed by atoms with van der Waals surface area (Å²) >= 11 is 0. The molecule has 0 saturated heterocycles. The Morgan fingerprint density at radius 3 is 2.76 bits per heavy atom. The lowest BCUT2D eigenvalue weighted by atomic mass is 10.1. The number of likely N-dealkylation sites (N-methyl/N-ethyl adjacent to an activating group) is 1. The van der Waals surface area contributed by atoms with E-state index in [0.717, 1.165) is 5.69 Å². The number of Topliss-reactive ketones (excluding diaryl/α,β-unsaturated/α-hetero) is 1. The van der Waals surface area contributed by atoms with Crippen LogP contribution in [0.5, 0.6) is 0 Å². The molecule has 0 atom stereocenters. The van der Waals surface area contributed by atoms with Crippen LogP contribution in [-0.4, -0.2) is 32.3 Å². The Hall–Kier alpha value is -2.28. The first kappa shape index (κ1) is 11.2. The van der Waals surface area contributed by atoms with Crippen LogP contribution >= 0.6 is 0 Å². The highest BCUT2D eigenvalue weighted by atomic mass is 16.2. The molecule has 1 amide bonds. The van der Waals surface area contributed by atoms with Gasteiger partial charge in [0.15, 0.2) is 0 Å². The van der Waals surface area contributed by atoms with E-state index in [4.69, 9.17) is 6.42 Å². The van der Waals surface area contributed by atoms with Crippen molar-refractivity contribution in [3.63, 3.8) is 0 Å². The summed E-state index contributed by atoms with van der Waals surface area (Å²) in [5.41, 5.74) is 1.98. The van der Waals surface area contributed by atoms with E-state index in [0.29, 0.717) is 17.8 Å². The molecule has 1 aliphatic rings. The van der Waals surface area contributed by atoms with Crippen molar-refractivity contribution >= 4 is 23.1 Å². The highest BCUT2D eigenvalue weighted by Crippen LogP contribution is 2.31. The first-order chi connectivity index (χ1) is 8.06. The SMILES string of the molecule is C#CCN(C)c1ccc2c(c1)N(C)C(=O)C2=O. The number of anilines is 2. The quantitative estimate of drug-likeness (QED) is 0.558. The number of fused-ring (bicyclic) bond motifs is 1. The van der Waals surface area contributed by atoms with Gasteiger partial charge in [-0.3, -0.25) is 9.59 Å². The third kappa shape index (κ3) is 1.66. The molecule has 0 spiro atoms. The van der Waals surface area contributed by atoms with Crippen LogP contribution in [0.3, 0.4) is 0 Å². The zero-order valence-electron chi connectivity index (χ0n) is 9.73. The molecule has 0 N–H and O–H groups in total. The van der Waals surface area contributed by atoms with Crippen LogP contribution in [0.2, 0.25) is 0 Å². The van der Waals surface area contributed by atoms with Crippen molar-refractivity contribution in [3.05, 3.63) is 23.8 Å². The number of rotatable bonds is 2. The Bertz CT molecular complexity index is 543. The normalized spacial score (nSPS) is 13.6. The summed E-state index contributed by atoms with van der Waals surface area (Å²) in [6.07, 6.45) is 5.24. The van der Waals surface area contributed by atoms with Crippen molar-refractivity contribution in [2.75, 3.05) is 30.4 Å². The van der Waals surface area contributed by atoms with E-state index in [2.05, 4.69) is 5.92 Å². The number of ketones is 1. The topological polar surface area (TPSA) is 40.6 Å². The summed E-state index contributed by atoms with van der Waals surface area (Å²) < 4.78 is 0. The zero-order valence-corrected chi connectivity index (χ0v) is 9.73. The van der Waals surface area contributed by atoms with E-state index in [1.54, 1.807) is 25.2 Å². The molecular weight excluding hydrogens is 216 g/mol. The molecule has 4 heteroatoms. The lowest BCUT2D eigenvalue weighted by molar-refractivity contribution is -0.114. The summed E-state index contributed by atoms with van der Waals surface area (Å²) in [5, 5.41) is 0. The monoisotopic (exact) mass is 228 g/mol. The molecule has 0 radical (unpaired) electrons. The molecule has 1 aromatic carbocycles. The Labute approximate surface area is 99.8 Å². The van der Waals surface area contributed by atoms with E-state index in [1.807, 2.05) is 11.9 Å². The fraction of sp³-hybridized carbons (Fsp3) is 0.231. The standard InChI is InChI=1S/C13H12N2O2/c1-4-7-14(2)9-5-6-10-11(8-9)15(3)13(17)12(10)16/h1,5-6,8H,7H2,2-3H3. The van der Waals surface area contributed by atoms with Crippen LogP contribution in [-0.2, 0) is 4.79 Å². The van der Waals surface area contributed by atoms with Crippen molar-refractivity contribution in [3.8, 4) is 12.3 Å². The predicted molar refractivity (Wildman–Crippen MR) is 66.3 cm³/mol. The number of carbonyl (C=O) groups is 2. The number of amides is 1. The number of terminal acetylenes is 1. The second kappa shape index (κ2) is 3.95. The van der Waals surface area contributed by atoms with Crippen molar-refractivity contribution in [2.24, 2.45) is 0 Å². The van der Waals surface area contributed by atoms with Crippen molar-refractivity contribution in [1.29, 1.82) is 0 Å². The molecule has 17 heavy (non-hydrogen) atoms. The number of hydrogen-bond acceptors (Lipinski definition) is 3. The van der Waals surface area contributed by atoms with Gasteiger partial charge in [-0.25, -0.2) is 0 Å². The van der Waals surface area contributed by atoms with Crippen molar-refractivity contribution in [1.82, 2.24) is 0 Å². The van der Waals surface area contributed by atoms with Gasteiger partial charge in [-0.2, -0.15) is 0 Å². The molecule has 0 bridgehead atoms. The molecule has 0 saturated carbocycles. The molecule has 1 aliphatic heterocycles. The minimum absolute atomic E-state index is 0.450. The summed E-state index contributed by atoms with van der Waals surface area (Å²) in [6.45, 7) is 0.477. The largest absolute Gasteiger partial charge is 0.363 e. The second-order valence-corrected chi connectivity index (χ2v) is 3.95. The van der Waals surface area contributed by atoms with Gasteiger partial charge < -0.3 is 9.80 Å². The lowest BCUT2D eigenvalue weighted by Crippen LogP contribution is -2.25. The van der Waals surface area contributed by atoms with Gasteiger partial charge in [0, 0.05) is 19.8 Å². The summed E-state index contributed by atoms with van der Waals surface area (Å²) in [7, 11) is 3.46. The minimum atomic E-state index is -0.489. The molecule has 1 heterocycles. The van der Waals surface area contributed by atoms with E-state index in [1.165, 1.54) is 4.90 Å². The van der Waals surface area contributed by atoms with Crippen LogP contribution in [0.25, 0.3) is 0 Å². The minimum Gasteiger partial charge on any atom is -0.363 e. The molecule has 2 rings (SSSR count). The smallest absolute Gasteiger partial charge is 0.299 e. The maximum absolute atomic E-state index is 11.6. The number of nitrogens with zero attached hydrogens (tertiary/aromatic N) is 2. The van der Waals surface area contributed by atoms with Gasteiger partial charge in [-0.15, -0.1) is 6.42 Å². The third-order valence-corrected chi connectivity index (χ3v) is 2.86. The van der Waals surface area contributed by atoms with Gasteiger partial charge in [0.05, 0.1) is 17.8 Å². The molecule has 0 unspecified atom stereocenters.